The van der Waals surface area contributed by atoms with Crippen LogP contribution in [0.4, 0.5) is 5.82 Å². The zero-order valence-corrected chi connectivity index (χ0v) is 17.8. The van der Waals surface area contributed by atoms with Crippen LogP contribution in [0, 0.1) is 0 Å². The smallest absolute Gasteiger partial charge is 0.266 e. The van der Waals surface area contributed by atoms with Crippen molar-refractivity contribution in [2.24, 2.45) is 0 Å². The summed E-state index contributed by atoms with van der Waals surface area (Å²) in [7, 11) is 0. The van der Waals surface area contributed by atoms with Gasteiger partial charge in [0.1, 0.15) is 11.6 Å². The lowest BCUT2D eigenvalue weighted by atomic mass is 9.85. The van der Waals surface area contributed by atoms with Crippen LogP contribution in [0.5, 0.6) is 0 Å². The molecule has 0 amide bonds. The first-order valence-electron chi connectivity index (χ1n) is 10.8. The number of piperazine rings is 1. The van der Waals surface area contributed by atoms with Crippen LogP contribution in [0.1, 0.15) is 57.5 Å². The fraction of sp³-hybridized carbons (Fsp3) is 0.636. The molecule has 0 atom stereocenters. The fourth-order valence-electron chi connectivity index (χ4n) is 3.85. The number of rotatable bonds is 5. The number of hydrogen-bond donors (Lipinski definition) is 0. The highest BCUT2D eigenvalue weighted by Crippen LogP contribution is 2.34. The van der Waals surface area contributed by atoms with Crippen LogP contribution < -0.4 is 10.5 Å². The van der Waals surface area contributed by atoms with Gasteiger partial charge < -0.3 is 4.90 Å². The first-order valence-corrected chi connectivity index (χ1v) is 10.8. The Balaban J connectivity index is 1.32. The topological polar surface area (TPSA) is 67.2 Å². The molecule has 1 aliphatic heterocycles. The Morgan fingerprint density at radius 3 is 2.45 bits per heavy atom. The Morgan fingerprint density at radius 2 is 1.79 bits per heavy atom. The monoisotopic (exact) mass is 396 g/mol. The molecule has 0 spiro atoms. The van der Waals surface area contributed by atoms with Crippen molar-refractivity contribution in [3.05, 3.63) is 46.3 Å². The largest absolute Gasteiger partial charge is 0.354 e. The average molecular weight is 397 g/mol. The summed E-state index contributed by atoms with van der Waals surface area (Å²) in [5.74, 6) is 2.63. The number of aromatic nitrogens is 4. The lowest BCUT2D eigenvalue weighted by Gasteiger charge is -2.35. The second kappa shape index (κ2) is 8.22. The van der Waals surface area contributed by atoms with Gasteiger partial charge in [-0.2, -0.15) is 5.10 Å². The maximum absolute atomic E-state index is 12.2. The van der Waals surface area contributed by atoms with E-state index in [1.807, 2.05) is 18.3 Å². The molecule has 2 fully saturated rings. The van der Waals surface area contributed by atoms with Crippen LogP contribution in [0.25, 0.3) is 0 Å². The Bertz CT molecular complexity index is 891. The van der Waals surface area contributed by atoms with Crippen LogP contribution in [0.3, 0.4) is 0 Å². The van der Waals surface area contributed by atoms with E-state index in [9.17, 15) is 4.79 Å². The van der Waals surface area contributed by atoms with Crippen molar-refractivity contribution in [1.29, 1.82) is 0 Å². The minimum Gasteiger partial charge on any atom is -0.354 e. The Labute approximate surface area is 172 Å². The molecule has 0 N–H and O–H groups in total. The molecule has 7 heteroatoms. The van der Waals surface area contributed by atoms with Crippen molar-refractivity contribution in [3.8, 4) is 0 Å². The van der Waals surface area contributed by atoms with E-state index in [0.717, 1.165) is 50.1 Å². The summed E-state index contributed by atoms with van der Waals surface area (Å²) in [6.45, 7) is 11.7. The van der Waals surface area contributed by atoms with Gasteiger partial charge in [-0.15, -0.1) is 0 Å². The van der Waals surface area contributed by atoms with Crippen molar-refractivity contribution in [1.82, 2.24) is 24.6 Å². The highest BCUT2D eigenvalue weighted by Gasteiger charge is 2.24. The number of hydrogen-bond acceptors (Lipinski definition) is 6. The van der Waals surface area contributed by atoms with E-state index in [1.165, 1.54) is 19.3 Å². The predicted octanol–water partition coefficient (Wildman–Crippen LogP) is 2.42. The van der Waals surface area contributed by atoms with Crippen molar-refractivity contribution >= 4 is 5.82 Å². The van der Waals surface area contributed by atoms with Gasteiger partial charge in [-0.3, -0.25) is 9.69 Å². The molecule has 0 unspecified atom stereocenters. The van der Waals surface area contributed by atoms with Gasteiger partial charge in [-0.05, 0) is 25.0 Å². The summed E-state index contributed by atoms with van der Waals surface area (Å²) in [4.78, 5) is 26.2. The third-order valence-electron chi connectivity index (χ3n) is 6.09. The third kappa shape index (κ3) is 4.66. The van der Waals surface area contributed by atoms with E-state index in [0.29, 0.717) is 12.5 Å². The van der Waals surface area contributed by atoms with Crippen LogP contribution in [-0.4, -0.2) is 57.4 Å². The minimum atomic E-state index is -0.0586. The molecule has 3 heterocycles. The molecule has 2 aromatic heterocycles. The van der Waals surface area contributed by atoms with Gasteiger partial charge in [0.2, 0.25) is 0 Å². The fourth-order valence-corrected chi connectivity index (χ4v) is 3.85. The summed E-state index contributed by atoms with van der Waals surface area (Å²) in [5, 5.41) is 4.58. The molecule has 1 aliphatic carbocycles. The molecule has 7 nitrogen and oxygen atoms in total. The van der Waals surface area contributed by atoms with E-state index < -0.39 is 0 Å². The molecule has 1 saturated heterocycles. The summed E-state index contributed by atoms with van der Waals surface area (Å²) in [5.41, 5.74) is 0.867. The van der Waals surface area contributed by atoms with Crippen molar-refractivity contribution in [2.75, 3.05) is 37.6 Å². The number of nitrogens with zero attached hydrogens (tertiary/aromatic N) is 6. The zero-order chi connectivity index (χ0) is 20.4. The molecular weight excluding hydrogens is 364 g/mol. The quantitative estimate of drug-likeness (QED) is 0.773. The molecule has 0 aromatic carbocycles. The van der Waals surface area contributed by atoms with Gasteiger partial charge in [0.05, 0.1) is 12.2 Å². The maximum Gasteiger partial charge on any atom is 0.266 e. The van der Waals surface area contributed by atoms with Crippen molar-refractivity contribution in [3.63, 3.8) is 0 Å². The molecule has 1 saturated carbocycles. The third-order valence-corrected chi connectivity index (χ3v) is 6.09. The van der Waals surface area contributed by atoms with Gasteiger partial charge in [-0.25, -0.2) is 14.6 Å². The Morgan fingerprint density at radius 1 is 1.03 bits per heavy atom. The highest BCUT2D eigenvalue weighted by molar-refractivity contribution is 5.38. The molecule has 0 bridgehead atoms. The van der Waals surface area contributed by atoms with E-state index in [1.54, 1.807) is 10.7 Å². The molecule has 0 radical (unpaired) electrons. The standard InChI is InChI=1S/C22H32N6O/c1-22(2,3)18-7-8-20(29)28(25-18)16-13-26-11-14-27(15-12-26)19-9-10-23-21(24-19)17-5-4-6-17/h7-10,17H,4-6,11-16H2,1-3H3. The van der Waals surface area contributed by atoms with Gasteiger partial charge in [0.15, 0.2) is 0 Å². The molecule has 29 heavy (non-hydrogen) atoms. The summed E-state index contributed by atoms with van der Waals surface area (Å²) in [6, 6.07) is 5.51. The van der Waals surface area contributed by atoms with Crippen LogP contribution >= 0.6 is 0 Å². The summed E-state index contributed by atoms with van der Waals surface area (Å²) >= 11 is 0. The second-order valence-electron chi connectivity index (χ2n) is 9.26. The van der Waals surface area contributed by atoms with Gasteiger partial charge in [0, 0.05) is 56.3 Å². The lowest BCUT2D eigenvalue weighted by Crippen LogP contribution is -2.48. The second-order valence-corrected chi connectivity index (χ2v) is 9.26. The first-order chi connectivity index (χ1) is 13.9. The lowest BCUT2D eigenvalue weighted by molar-refractivity contribution is 0.241. The SMILES string of the molecule is CC(C)(C)c1ccc(=O)n(CCN2CCN(c3ccnc(C4CCC4)n3)CC2)n1. The van der Waals surface area contributed by atoms with Crippen molar-refractivity contribution < 1.29 is 0 Å². The summed E-state index contributed by atoms with van der Waals surface area (Å²) in [6.07, 6.45) is 5.65. The van der Waals surface area contributed by atoms with Crippen LogP contribution in [0.2, 0.25) is 0 Å². The average Bonchev–Trinajstić information content (AvgIpc) is 2.66. The van der Waals surface area contributed by atoms with Gasteiger partial charge in [-0.1, -0.05) is 27.2 Å². The zero-order valence-electron chi connectivity index (χ0n) is 17.8. The molecular formula is C22H32N6O. The van der Waals surface area contributed by atoms with Gasteiger partial charge >= 0.3 is 0 Å². The van der Waals surface area contributed by atoms with Crippen LogP contribution in [0.15, 0.2) is 29.2 Å². The van der Waals surface area contributed by atoms with E-state index in [2.05, 4.69) is 40.7 Å². The molecule has 156 valence electrons. The van der Waals surface area contributed by atoms with Crippen molar-refractivity contribution in [2.45, 2.75) is 57.9 Å². The molecule has 4 rings (SSSR count). The normalized spacial score (nSPS) is 18.7. The summed E-state index contributed by atoms with van der Waals surface area (Å²) < 4.78 is 1.61. The van der Waals surface area contributed by atoms with Gasteiger partial charge in [0.25, 0.3) is 5.56 Å². The van der Waals surface area contributed by atoms with E-state index >= 15 is 0 Å². The van der Waals surface area contributed by atoms with E-state index in [4.69, 9.17) is 4.98 Å². The molecule has 2 aromatic rings. The maximum atomic E-state index is 12.2. The highest BCUT2D eigenvalue weighted by atomic mass is 16.1. The van der Waals surface area contributed by atoms with Crippen LogP contribution in [-0.2, 0) is 12.0 Å². The first kappa shape index (κ1) is 20.0. The predicted molar refractivity (Wildman–Crippen MR) is 114 cm³/mol. The Kier molecular flexibility index (Phi) is 5.67. The van der Waals surface area contributed by atoms with E-state index in [-0.39, 0.29) is 11.0 Å². The Hall–Kier alpha value is -2.28. The minimum absolute atomic E-state index is 0.0267. The number of anilines is 1. The molecule has 2 aliphatic rings.